The van der Waals surface area contributed by atoms with Gasteiger partial charge in [0.2, 0.25) is 11.8 Å². The highest BCUT2D eigenvalue weighted by Gasteiger charge is 2.53. The summed E-state index contributed by atoms with van der Waals surface area (Å²) in [5.41, 5.74) is 8.95. The maximum atomic E-state index is 14.4. The molecule has 98 heavy (non-hydrogen) atoms. The minimum absolute atomic E-state index is 0.0627. The summed E-state index contributed by atoms with van der Waals surface area (Å²) in [6, 6.07) is 86.3. The van der Waals surface area contributed by atoms with E-state index in [1.54, 1.807) is 4.90 Å². The second-order valence-electron chi connectivity index (χ2n) is 26.8. The van der Waals surface area contributed by atoms with Gasteiger partial charge in [-0.1, -0.05) is 212 Å². The number of hydrogen-bond donors (Lipinski definition) is 1. The number of morpholine rings is 2. The smallest absolute Gasteiger partial charge is 0.410 e. The number of anilines is 4. The fourth-order valence-electron chi connectivity index (χ4n) is 16.3. The van der Waals surface area contributed by atoms with Crippen LogP contribution in [0.25, 0.3) is 21.8 Å². The molecule has 0 bridgehead atoms. The summed E-state index contributed by atoms with van der Waals surface area (Å²) in [5.74, 6) is 2.11. The molecule has 2 spiro atoms. The number of rotatable bonds is 14. The monoisotopic (exact) mass is 1300 g/mol. The number of nitrogens with zero attached hydrogens (tertiary/aromatic N) is 9. The topological polar surface area (TPSA) is 143 Å². The van der Waals surface area contributed by atoms with Crippen LogP contribution in [0.1, 0.15) is 64.6 Å². The minimum Gasteiger partial charge on any atom is -0.445 e. The molecule has 0 radical (unpaired) electrons. The average Bonchev–Trinajstić information content (AvgIpc) is 1.45. The van der Waals surface area contributed by atoms with Crippen LogP contribution >= 0.6 is 0 Å². The first-order valence-electron chi connectivity index (χ1n) is 34.6. The molecule has 1 N–H and O–H groups in total. The molecule has 8 heterocycles. The molecule has 2 atom stereocenters. The zero-order chi connectivity index (χ0) is 66.1. The molecule has 2 aromatic heterocycles. The summed E-state index contributed by atoms with van der Waals surface area (Å²) in [6.45, 7) is 9.61. The van der Waals surface area contributed by atoms with E-state index in [1.165, 1.54) is 0 Å². The number of carbonyl (C=O) groups is 3. The fourth-order valence-corrected chi connectivity index (χ4v) is 16.3. The van der Waals surface area contributed by atoms with Crippen LogP contribution in [0, 0.1) is 10.8 Å². The molecule has 6 fully saturated rings. The second-order valence-corrected chi connectivity index (χ2v) is 26.8. The van der Waals surface area contributed by atoms with Crippen molar-refractivity contribution in [2.75, 3.05) is 111 Å². The van der Waals surface area contributed by atoms with E-state index in [-0.39, 0.29) is 29.9 Å². The van der Waals surface area contributed by atoms with Crippen LogP contribution in [-0.2, 0) is 41.5 Å². The van der Waals surface area contributed by atoms with Crippen molar-refractivity contribution in [2.24, 2.45) is 10.8 Å². The molecular formula is C82H80N10O6. The Hall–Kier alpha value is -10.4. The molecule has 16 heteroatoms. The highest BCUT2D eigenvalue weighted by molar-refractivity contribution is 6.05. The van der Waals surface area contributed by atoms with E-state index >= 15 is 0 Å². The minimum atomic E-state index is -0.802. The van der Waals surface area contributed by atoms with Crippen LogP contribution in [0.4, 0.5) is 27.8 Å². The van der Waals surface area contributed by atoms with Gasteiger partial charge in [0.15, 0.2) is 11.6 Å². The van der Waals surface area contributed by atoms with Gasteiger partial charge in [-0.2, -0.15) is 10.2 Å². The van der Waals surface area contributed by atoms with Gasteiger partial charge in [0.1, 0.15) is 17.7 Å². The van der Waals surface area contributed by atoms with E-state index in [0.717, 1.165) is 129 Å². The van der Waals surface area contributed by atoms with E-state index in [1.807, 2.05) is 58.3 Å². The lowest BCUT2D eigenvalue weighted by atomic mass is 9.77. The Bertz CT molecular complexity index is 4430. The Morgan fingerprint density at radius 1 is 0.439 bits per heavy atom. The summed E-state index contributed by atoms with van der Waals surface area (Å²) in [4.78, 5) is 51.6. The Labute approximate surface area is 571 Å². The number of fused-ring (bicyclic) bond motifs is 2. The molecule has 11 aromatic rings. The quantitative estimate of drug-likeness (QED) is 0.104. The molecule has 9 aromatic carbocycles. The van der Waals surface area contributed by atoms with E-state index in [0.29, 0.717) is 72.0 Å². The van der Waals surface area contributed by atoms with Gasteiger partial charge in [0, 0.05) is 81.1 Å². The summed E-state index contributed by atoms with van der Waals surface area (Å²) < 4.78 is 21.6. The van der Waals surface area contributed by atoms with Crippen LogP contribution in [0.15, 0.2) is 249 Å². The number of aromatic nitrogens is 4. The average molecular weight is 1300 g/mol. The Balaban J connectivity index is 0.000000156. The van der Waals surface area contributed by atoms with Gasteiger partial charge in [-0.25, -0.2) is 14.2 Å². The summed E-state index contributed by atoms with van der Waals surface area (Å²) in [7, 11) is 0. The molecule has 6 saturated heterocycles. The van der Waals surface area contributed by atoms with Crippen molar-refractivity contribution < 1.29 is 28.6 Å². The van der Waals surface area contributed by atoms with Crippen LogP contribution < -0.4 is 24.9 Å². The summed E-state index contributed by atoms with van der Waals surface area (Å²) >= 11 is 0. The van der Waals surface area contributed by atoms with Gasteiger partial charge in [-0.3, -0.25) is 9.59 Å². The van der Waals surface area contributed by atoms with Gasteiger partial charge in [-0.15, -0.1) is 0 Å². The number of carbonyl (C=O) groups excluding carboxylic acids is 3. The Morgan fingerprint density at radius 3 is 1.19 bits per heavy atom. The van der Waals surface area contributed by atoms with Crippen LogP contribution in [0.5, 0.6) is 0 Å². The first kappa shape index (κ1) is 62.4. The zero-order valence-electron chi connectivity index (χ0n) is 55.1. The summed E-state index contributed by atoms with van der Waals surface area (Å²) in [6.07, 6.45) is 2.74. The molecule has 17 rings (SSSR count). The number of nitrogens with one attached hydrogen (secondary N) is 1. The molecule has 494 valence electrons. The lowest BCUT2D eigenvalue weighted by Crippen LogP contribution is -2.40. The Morgan fingerprint density at radius 2 is 0.806 bits per heavy atom. The first-order chi connectivity index (χ1) is 48.3. The SMILES string of the molecule is O=C(OCc1ccccc1)N1CC[C@]2(CCN(c3ccc4c(c3)c(N3CCOCC3)nn4C(c3ccccc3)(c3ccccc3)c3ccccc3)C2=O)C1.O=C1N(c2ccc3c(c2)c(N2CCOCC2)nn3C(c2ccccc2)(c2ccccc2)c2ccccc2)CC[C@]12CCNC2. The fraction of sp³-hybridized carbons (Fsp3) is 0.280. The molecular weight excluding hydrogens is 1220 g/mol. The second kappa shape index (κ2) is 26.6. The Kier molecular flexibility index (Phi) is 16.9. The highest BCUT2D eigenvalue weighted by Crippen LogP contribution is 2.49. The number of hydrogen-bond acceptors (Lipinski definition) is 11. The van der Waals surface area contributed by atoms with Gasteiger partial charge < -0.3 is 44.0 Å². The maximum Gasteiger partial charge on any atom is 0.410 e. The molecule has 16 nitrogen and oxygen atoms in total. The van der Waals surface area contributed by atoms with Gasteiger partial charge in [0.25, 0.3) is 0 Å². The van der Waals surface area contributed by atoms with Crippen LogP contribution in [-0.4, -0.2) is 134 Å². The molecule has 0 saturated carbocycles. The van der Waals surface area contributed by atoms with E-state index < -0.39 is 16.5 Å². The third kappa shape index (κ3) is 10.9. The van der Waals surface area contributed by atoms with Gasteiger partial charge >= 0.3 is 6.09 Å². The van der Waals surface area contributed by atoms with E-state index in [2.05, 4.69) is 225 Å². The number of amides is 3. The third-order valence-corrected chi connectivity index (χ3v) is 21.4. The van der Waals surface area contributed by atoms with Crippen molar-refractivity contribution in [3.05, 3.63) is 288 Å². The van der Waals surface area contributed by atoms with Crippen molar-refractivity contribution in [2.45, 2.75) is 43.4 Å². The largest absolute Gasteiger partial charge is 0.445 e. The standard InChI is InChI=1S/C45H43N5O4.C37H37N5O2/c51-42-44(23-25-48(33-44)43(52)54-32-34-13-5-1-6-14-34)24-26-49(42)38-21-22-40-39(31-38)41(47-27-29-53-30-28-47)46-50(40)45(35-15-7-2-8-16-35,36-17-9-3-10-18-36)37-19-11-4-12-20-37;43-35-36(18-20-38-27-36)19-21-41(35)31-16-17-33-32(26-31)34(40-22-24-44-25-23-40)39-42(33)37(28-10-4-1-5-11-28,29-12-6-2-7-13-29)30-14-8-3-9-15-30/h1-22,31H,23-30,32-33H2;1-17,26,38H,18-25,27H2/t44-;36-/m00/s1. The lowest BCUT2D eigenvalue weighted by Gasteiger charge is -2.37. The van der Waals surface area contributed by atoms with E-state index in [4.69, 9.17) is 24.4 Å². The van der Waals surface area contributed by atoms with E-state index in [9.17, 15) is 14.4 Å². The molecule has 0 unspecified atom stereocenters. The number of benzene rings is 9. The van der Waals surface area contributed by atoms with Gasteiger partial charge in [-0.05, 0) is 108 Å². The predicted molar refractivity (Wildman–Crippen MR) is 384 cm³/mol. The highest BCUT2D eigenvalue weighted by atomic mass is 16.6. The maximum absolute atomic E-state index is 14.4. The lowest BCUT2D eigenvalue weighted by molar-refractivity contribution is -0.125. The van der Waals surface area contributed by atoms with Crippen molar-refractivity contribution in [1.82, 2.24) is 29.8 Å². The normalized spacial score (nSPS) is 19.7. The molecule has 6 aliphatic heterocycles. The molecule has 0 aliphatic carbocycles. The van der Waals surface area contributed by atoms with Crippen molar-refractivity contribution in [3.63, 3.8) is 0 Å². The summed E-state index contributed by atoms with van der Waals surface area (Å²) in [5, 5.41) is 16.6. The predicted octanol–water partition coefficient (Wildman–Crippen LogP) is 12.9. The van der Waals surface area contributed by atoms with Crippen LogP contribution in [0.2, 0.25) is 0 Å². The van der Waals surface area contributed by atoms with Gasteiger partial charge in [0.05, 0.1) is 48.3 Å². The zero-order valence-corrected chi connectivity index (χ0v) is 55.1. The van der Waals surface area contributed by atoms with Crippen molar-refractivity contribution in [1.29, 1.82) is 0 Å². The van der Waals surface area contributed by atoms with Crippen molar-refractivity contribution in [3.8, 4) is 0 Å². The van der Waals surface area contributed by atoms with Crippen molar-refractivity contribution >= 4 is 62.7 Å². The molecule has 6 aliphatic rings. The third-order valence-electron chi connectivity index (χ3n) is 21.4. The first-order valence-corrected chi connectivity index (χ1v) is 34.6. The molecule has 3 amide bonds. The van der Waals surface area contributed by atoms with Crippen LogP contribution in [0.3, 0.4) is 0 Å². The number of likely N-dealkylation sites (tertiary alicyclic amines) is 1. The number of ether oxygens (including phenoxy) is 3.